The van der Waals surface area contributed by atoms with E-state index in [-0.39, 0.29) is 37.8 Å². The van der Waals surface area contributed by atoms with Crippen molar-refractivity contribution in [3.05, 3.63) is 35.9 Å². The number of carboxylic acids is 1. The van der Waals surface area contributed by atoms with E-state index in [0.717, 1.165) is 5.56 Å². The van der Waals surface area contributed by atoms with Crippen LogP contribution in [-0.2, 0) is 25.7 Å². The molecule has 1 aromatic carbocycles. The Hall–Kier alpha value is -2.41. The van der Waals surface area contributed by atoms with Crippen molar-refractivity contribution in [3.63, 3.8) is 0 Å². The van der Waals surface area contributed by atoms with Crippen LogP contribution < -0.4 is 5.32 Å². The second kappa shape index (κ2) is 9.78. The Labute approximate surface area is 148 Å². The Morgan fingerprint density at radius 2 is 1.88 bits per heavy atom. The Morgan fingerprint density at radius 3 is 2.40 bits per heavy atom. The Morgan fingerprint density at radius 1 is 1.24 bits per heavy atom. The minimum Gasteiger partial charge on any atom is -0.481 e. The van der Waals surface area contributed by atoms with Gasteiger partial charge in [-0.3, -0.25) is 14.4 Å². The SMILES string of the molecule is COCC(C)(CC(=O)O)NC(=O)CCN(Cc1ccccc1)C(C)=O. The number of benzene rings is 1. The summed E-state index contributed by atoms with van der Waals surface area (Å²) < 4.78 is 5.01. The van der Waals surface area contributed by atoms with Gasteiger partial charge >= 0.3 is 5.97 Å². The second-order valence-electron chi connectivity index (χ2n) is 6.29. The van der Waals surface area contributed by atoms with E-state index in [4.69, 9.17) is 9.84 Å². The summed E-state index contributed by atoms with van der Waals surface area (Å²) in [6, 6.07) is 9.51. The van der Waals surface area contributed by atoms with Crippen molar-refractivity contribution in [2.45, 2.75) is 38.8 Å². The number of nitrogens with one attached hydrogen (secondary N) is 1. The van der Waals surface area contributed by atoms with E-state index in [2.05, 4.69) is 5.32 Å². The van der Waals surface area contributed by atoms with Gasteiger partial charge in [-0.25, -0.2) is 0 Å². The van der Waals surface area contributed by atoms with E-state index in [9.17, 15) is 14.4 Å². The highest BCUT2D eigenvalue weighted by molar-refractivity contribution is 5.79. The van der Waals surface area contributed by atoms with Gasteiger partial charge in [0.2, 0.25) is 11.8 Å². The largest absolute Gasteiger partial charge is 0.481 e. The third kappa shape index (κ3) is 7.80. The normalized spacial score (nSPS) is 12.9. The van der Waals surface area contributed by atoms with Gasteiger partial charge in [0.1, 0.15) is 0 Å². The van der Waals surface area contributed by atoms with Crippen molar-refractivity contribution in [1.82, 2.24) is 10.2 Å². The van der Waals surface area contributed by atoms with Crippen LogP contribution in [-0.4, -0.2) is 53.6 Å². The zero-order valence-electron chi connectivity index (χ0n) is 14.9. The molecule has 2 amide bonds. The zero-order valence-corrected chi connectivity index (χ0v) is 14.9. The molecule has 1 unspecified atom stereocenters. The first-order valence-electron chi connectivity index (χ1n) is 8.07. The molecule has 2 N–H and O–H groups in total. The number of rotatable bonds is 10. The van der Waals surface area contributed by atoms with Gasteiger partial charge in [-0.05, 0) is 12.5 Å². The minimum atomic E-state index is -1.02. The molecular formula is C18H26N2O5. The second-order valence-corrected chi connectivity index (χ2v) is 6.29. The Bertz CT molecular complexity index is 590. The number of hydrogen-bond acceptors (Lipinski definition) is 4. The molecule has 0 aliphatic heterocycles. The predicted octanol–water partition coefficient (Wildman–Crippen LogP) is 1.42. The van der Waals surface area contributed by atoms with E-state index < -0.39 is 11.5 Å². The van der Waals surface area contributed by atoms with Gasteiger partial charge in [0, 0.05) is 33.5 Å². The number of carboxylic acid groups (broad SMARTS) is 1. The van der Waals surface area contributed by atoms with Gasteiger partial charge in [0.05, 0.1) is 18.6 Å². The first-order valence-corrected chi connectivity index (χ1v) is 8.07. The van der Waals surface area contributed by atoms with E-state index in [1.165, 1.54) is 14.0 Å². The summed E-state index contributed by atoms with van der Waals surface area (Å²) >= 11 is 0. The number of carbonyl (C=O) groups is 3. The maximum atomic E-state index is 12.2. The maximum Gasteiger partial charge on any atom is 0.305 e. The van der Waals surface area contributed by atoms with Gasteiger partial charge < -0.3 is 20.1 Å². The number of aliphatic carboxylic acids is 1. The fourth-order valence-corrected chi connectivity index (χ4v) is 2.57. The number of methoxy groups -OCH3 is 1. The molecule has 0 saturated heterocycles. The highest BCUT2D eigenvalue weighted by Crippen LogP contribution is 2.11. The van der Waals surface area contributed by atoms with Crippen LogP contribution in [0.5, 0.6) is 0 Å². The van der Waals surface area contributed by atoms with Crippen molar-refractivity contribution >= 4 is 17.8 Å². The van der Waals surface area contributed by atoms with Crippen molar-refractivity contribution in [3.8, 4) is 0 Å². The molecule has 0 aliphatic rings. The first-order chi connectivity index (χ1) is 11.8. The Balaban J connectivity index is 2.61. The molecule has 0 heterocycles. The molecule has 1 atom stereocenters. The van der Waals surface area contributed by atoms with Gasteiger partial charge in [0.25, 0.3) is 0 Å². The van der Waals surface area contributed by atoms with Crippen LogP contribution in [0.2, 0.25) is 0 Å². The third-order valence-corrected chi connectivity index (χ3v) is 3.72. The number of hydrogen-bond donors (Lipinski definition) is 2. The van der Waals surface area contributed by atoms with Crippen molar-refractivity contribution < 1.29 is 24.2 Å². The lowest BCUT2D eigenvalue weighted by atomic mass is 9.98. The van der Waals surface area contributed by atoms with Crippen molar-refractivity contribution in [2.75, 3.05) is 20.3 Å². The first kappa shape index (κ1) is 20.6. The minimum absolute atomic E-state index is 0.0886. The van der Waals surface area contributed by atoms with E-state index >= 15 is 0 Å². The fourth-order valence-electron chi connectivity index (χ4n) is 2.57. The average Bonchev–Trinajstić information content (AvgIpc) is 2.51. The predicted molar refractivity (Wildman–Crippen MR) is 92.8 cm³/mol. The molecule has 0 saturated carbocycles. The average molecular weight is 350 g/mol. The summed E-state index contributed by atoms with van der Waals surface area (Å²) in [6.45, 7) is 3.85. The summed E-state index contributed by atoms with van der Waals surface area (Å²) in [4.78, 5) is 36.5. The van der Waals surface area contributed by atoms with Crippen LogP contribution >= 0.6 is 0 Å². The van der Waals surface area contributed by atoms with Crippen molar-refractivity contribution in [2.24, 2.45) is 0 Å². The standard InChI is InChI=1S/C18H26N2O5/c1-14(21)20(12-15-7-5-4-6-8-15)10-9-16(22)19-18(2,13-25-3)11-17(23)24/h4-8H,9-13H2,1-3H3,(H,19,22)(H,23,24). The third-order valence-electron chi connectivity index (χ3n) is 3.72. The van der Waals surface area contributed by atoms with Gasteiger partial charge in [0.15, 0.2) is 0 Å². The van der Waals surface area contributed by atoms with E-state index in [1.54, 1.807) is 11.8 Å². The molecule has 0 aliphatic carbocycles. The monoisotopic (exact) mass is 350 g/mol. The van der Waals surface area contributed by atoms with Gasteiger partial charge in [-0.1, -0.05) is 30.3 Å². The Kier molecular flexibility index (Phi) is 8.07. The number of nitrogens with zero attached hydrogens (tertiary/aromatic N) is 1. The van der Waals surface area contributed by atoms with Crippen LogP contribution in [0, 0.1) is 0 Å². The molecule has 25 heavy (non-hydrogen) atoms. The molecule has 7 nitrogen and oxygen atoms in total. The molecular weight excluding hydrogens is 324 g/mol. The van der Waals surface area contributed by atoms with E-state index in [1.807, 2.05) is 30.3 Å². The van der Waals surface area contributed by atoms with Crippen LogP contribution in [0.25, 0.3) is 0 Å². The lowest BCUT2D eigenvalue weighted by molar-refractivity contribution is -0.139. The summed E-state index contributed by atoms with van der Waals surface area (Å²) in [5.41, 5.74) is -0.00813. The number of carbonyl (C=O) groups excluding carboxylic acids is 2. The van der Waals surface area contributed by atoms with Crippen molar-refractivity contribution in [1.29, 1.82) is 0 Å². The van der Waals surface area contributed by atoms with Crippen LogP contribution in [0.15, 0.2) is 30.3 Å². The van der Waals surface area contributed by atoms with E-state index in [0.29, 0.717) is 6.54 Å². The van der Waals surface area contributed by atoms with Crippen LogP contribution in [0.3, 0.4) is 0 Å². The molecule has 0 spiro atoms. The molecule has 0 aromatic heterocycles. The molecule has 1 aromatic rings. The smallest absolute Gasteiger partial charge is 0.305 e. The summed E-state index contributed by atoms with van der Waals surface area (Å²) in [7, 11) is 1.45. The number of ether oxygens (including phenoxy) is 1. The molecule has 0 fully saturated rings. The highest BCUT2D eigenvalue weighted by atomic mass is 16.5. The van der Waals surface area contributed by atoms with Gasteiger partial charge in [-0.15, -0.1) is 0 Å². The maximum absolute atomic E-state index is 12.2. The molecule has 1 rings (SSSR count). The molecule has 7 heteroatoms. The molecule has 138 valence electrons. The van der Waals surface area contributed by atoms with Gasteiger partial charge in [-0.2, -0.15) is 0 Å². The highest BCUT2D eigenvalue weighted by Gasteiger charge is 2.29. The van der Waals surface area contributed by atoms with Crippen LogP contribution in [0.1, 0.15) is 32.3 Å². The number of amides is 2. The lowest BCUT2D eigenvalue weighted by Gasteiger charge is -2.29. The van der Waals surface area contributed by atoms with Crippen LogP contribution in [0.4, 0.5) is 0 Å². The lowest BCUT2D eigenvalue weighted by Crippen LogP contribution is -2.51. The summed E-state index contributed by atoms with van der Waals surface area (Å²) in [5, 5.41) is 11.7. The quantitative estimate of drug-likeness (QED) is 0.665. The summed E-state index contributed by atoms with van der Waals surface area (Å²) in [5.74, 6) is -1.46. The summed E-state index contributed by atoms with van der Waals surface area (Å²) in [6.07, 6.45) is -0.154. The molecule has 0 bridgehead atoms. The topological polar surface area (TPSA) is 95.9 Å². The molecule has 0 radical (unpaired) electrons. The zero-order chi connectivity index (χ0) is 18.9. The fraction of sp³-hybridized carbons (Fsp3) is 0.500.